The zero-order valence-corrected chi connectivity index (χ0v) is 16.2. The first-order chi connectivity index (χ1) is 12.5. The number of aromatic nitrogens is 3. The number of H-pyrrole nitrogens is 1. The van der Waals surface area contributed by atoms with E-state index in [0.717, 1.165) is 48.8 Å². The van der Waals surface area contributed by atoms with Crippen molar-refractivity contribution in [3.63, 3.8) is 0 Å². The number of aromatic amines is 1. The van der Waals surface area contributed by atoms with Gasteiger partial charge in [0.2, 0.25) is 5.91 Å². The lowest BCUT2D eigenvalue weighted by Gasteiger charge is -2.21. The van der Waals surface area contributed by atoms with E-state index in [1.165, 1.54) is 25.3 Å². The highest BCUT2D eigenvalue weighted by atomic mass is 16.2. The summed E-state index contributed by atoms with van der Waals surface area (Å²) in [6.07, 6.45) is 7.17. The van der Waals surface area contributed by atoms with E-state index in [4.69, 9.17) is 0 Å². The van der Waals surface area contributed by atoms with E-state index in [1.54, 1.807) is 4.52 Å². The average molecular weight is 358 g/mol. The molecule has 142 valence electrons. The molecule has 3 heterocycles. The van der Waals surface area contributed by atoms with Gasteiger partial charge in [-0.25, -0.2) is 9.50 Å². The standard InChI is InChI=1S/C20H30N4O2/c1-4-6-16-7-5-11-23(12-10-16)20(26)9-8-17-14(2)21-18-13-19(25)22-24(18)15(17)3/h13,16H,4-12H2,1-3H3,(H,22,25)/t16-/m0/s1. The molecule has 1 aliphatic heterocycles. The van der Waals surface area contributed by atoms with Crippen LogP contribution in [0.15, 0.2) is 10.9 Å². The Bertz CT molecular complexity index is 836. The molecule has 0 unspecified atom stereocenters. The Morgan fingerprint density at radius 2 is 2.12 bits per heavy atom. The zero-order chi connectivity index (χ0) is 18.7. The second kappa shape index (κ2) is 8.06. The molecular weight excluding hydrogens is 328 g/mol. The number of hydrogen-bond acceptors (Lipinski definition) is 3. The number of rotatable bonds is 5. The summed E-state index contributed by atoms with van der Waals surface area (Å²) in [5, 5.41) is 2.77. The van der Waals surface area contributed by atoms with Crippen molar-refractivity contribution in [2.45, 2.75) is 65.7 Å². The molecule has 6 nitrogen and oxygen atoms in total. The minimum atomic E-state index is -0.153. The summed E-state index contributed by atoms with van der Waals surface area (Å²) >= 11 is 0. The molecule has 0 bridgehead atoms. The largest absolute Gasteiger partial charge is 0.343 e. The van der Waals surface area contributed by atoms with Crippen LogP contribution < -0.4 is 5.56 Å². The highest BCUT2D eigenvalue weighted by molar-refractivity contribution is 5.76. The Balaban J connectivity index is 1.66. The molecule has 1 saturated heterocycles. The van der Waals surface area contributed by atoms with Crippen molar-refractivity contribution >= 4 is 11.6 Å². The Labute approximate surface area is 154 Å². The SMILES string of the molecule is CCC[C@H]1CCCN(C(=O)CCc2c(C)nc3cc(=O)[nH]n3c2C)CC1. The van der Waals surface area contributed by atoms with E-state index < -0.39 is 0 Å². The molecule has 3 rings (SSSR count). The van der Waals surface area contributed by atoms with Crippen molar-refractivity contribution in [2.75, 3.05) is 13.1 Å². The molecule has 0 spiro atoms. The van der Waals surface area contributed by atoms with Gasteiger partial charge in [0.15, 0.2) is 5.65 Å². The third-order valence-electron chi connectivity index (χ3n) is 5.69. The molecule has 1 N–H and O–H groups in total. The van der Waals surface area contributed by atoms with Crippen LogP contribution in [-0.4, -0.2) is 38.5 Å². The number of nitrogens with zero attached hydrogens (tertiary/aromatic N) is 3. The lowest BCUT2D eigenvalue weighted by atomic mass is 9.96. The van der Waals surface area contributed by atoms with Crippen LogP contribution in [-0.2, 0) is 11.2 Å². The van der Waals surface area contributed by atoms with Gasteiger partial charge >= 0.3 is 0 Å². The summed E-state index contributed by atoms with van der Waals surface area (Å²) in [5.74, 6) is 1.02. The third kappa shape index (κ3) is 4.00. The average Bonchev–Trinajstić information content (AvgIpc) is 2.82. The first-order valence-corrected chi connectivity index (χ1v) is 9.85. The van der Waals surface area contributed by atoms with Crippen molar-refractivity contribution < 1.29 is 4.79 Å². The molecule has 1 amide bonds. The van der Waals surface area contributed by atoms with Crippen LogP contribution in [0.1, 0.15) is 62.4 Å². The predicted octanol–water partition coefficient (Wildman–Crippen LogP) is 3.00. The lowest BCUT2D eigenvalue weighted by Crippen LogP contribution is -2.32. The number of fused-ring (bicyclic) bond motifs is 1. The maximum Gasteiger partial charge on any atom is 0.266 e. The number of carbonyl (C=O) groups excluding carboxylic acids is 1. The van der Waals surface area contributed by atoms with Crippen LogP contribution in [0, 0.1) is 19.8 Å². The minimum Gasteiger partial charge on any atom is -0.343 e. The van der Waals surface area contributed by atoms with E-state index in [1.807, 2.05) is 18.7 Å². The third-order valence-corrected chi connectivity index (χ3v) is 5.69. The highest BCUT2D eigenvalue weighted by Gasteiger charge is 2.21. The molecule has 0 aromatic carbocycles. The van der Waals surface area contributed by atoms with Gasteiger partial charge in [0, 0.05) is 37.0 Å². The number of hydrogen-bond donors (Lipinski definition) is 1. The summed E-state index contributed by atoms with van der Waals surface area (Å²) in [5.41, 5.74) is 3.39. The highest BCUT2D eigenvalue weighted by Crippen LogP contribution is 2.23. The predicted molar refractivity (Wildman–Crippen MR) is 102 cm³/mol. The van der Waals surface area contributed by atoms with Crippen LogP contribution in [0.5, 0.6) is 0 Å². The first kappa shape index (κ1) is 18.7. The molecule has 1 aliphatic rings. The fourth-order valence-corrected chi connectivity index (χ4v) is 4.22. The number of carbonyl (C=O) groups is 1. The van der Waals surface area contributed by atoms with Gasteiger partial charge < -0.3 is 4.90 Å². The zero-order valence-electron chi connectivity index (χ0n) is 16.2. The smallest absolute Gasteiger partial charge is 0.266 e. The van der Waals surface area contributed by atoms with Crippen LogP contribution >= 0.6 is 0 Å². The number of amides is 1. The molecule has 0 radical (unpaired) electrons. The van der Waals surface area contributed by atoms with Gasteiger partial charge in [-0.05, 0) is 51.0 Å². The molecule has 2 aromatic rings. The monoisotopic (exact) mass is 358 g/mol. The number of likely N-dealkylation sites (tertiary alicyclic amines) is 1. The van der Waals surface area contributed by atoms with Crippen LogP contribution in [0.3, 0.4) is 0 Å². The molecule has 1 fully saturated rings. The van der Waals surface area contributed by atoms with Gasteiger partial charge in [0.25, 0.3) is 5.56 Å². The van der Waals surface area contributed by atoms with Crippen molar-refractivity contribution in [3.8, 4) is 0 Å². The lowest BCUT2D eigenvalue weighted by molar-refractivity contribution is -0.131. The van der Waals surface area contributed by atoms with E-state index in [0.29, 0.717) is 18.5 Å². The summed E-state index contributed by atoms with van der Waals surface area (Å²) in [7, 11) is 0. The van der Waals surface area contributed by atoms with Gasteiger partial charge in [-0.1, -0.05) is 19.8 Å². The van der Waals surface area contributed by atoms with Gasteiger partial charge in [0.05, 0.1) is 0 Å². The Hall–Kier alpha value is -2.11. The quantitative estimate of drug-likeness (QED) is 0.893. The topological polar surface area (TPSA) is 70.5 Å². The molecule has 0 aliphatic carbocycles. The van der Waals surface area contributed by atoms with Gasteiger partial charge in [-0.15, -0.1) is 0 Å². The summed E-state index contributed by atoms with van der Waals surface area (Å²) in [4.78, 5) is 30.8. The minimum absolute atomic E-state index is 0.153. The first-order valence-electron chi connectivity index (χ1n) is 9.85. The van der Waals surface area contributed by atoms with Gasteiger partial charge in [0.1, 0.15) is 0 Å². The number of nitrogens with one attached hydrogen (secondary N) is 1. The molecule has 26 heavy (non-hydrogen) atoms. The van der Waals surface area contributed by atoms with Crippen LogP contribution in [0.2, 0.25) is 0 Å². The van der Waals surface area contributed by atoms with Crippen molar-refractivity contribution in [2.24, 2.45) is 5.92 Å². The van der Waals surface area contributed by atoms with E-state index in [9.17, 15) is 9.59 Å². The van der Waals surface area contributed by atoms with E-state index >= 15 is 0 Å². The Kier molecular flexibility index (Phi) is 5.79. The van der Waals surface area contributed by atoms with Crippen LogP contribution in [0.25, 0.3) is 5.65 Å². The van der Waals surface area contributed by atoms with E-state index in [2.05, 4.69) is 17.0 Å². The summed E-state index contributed by atoms with van der Waals surface area (Å²) in [6, 6.07) is 1.50. The van der Waals surface area contributed by atoms with Gasteiger partial charge in [-0.3, -0.25) is 14.7 Å². The summed E-state index contributed by atoms with van der Waals surface area (Å²) in [6.45, 7) is 7.94. The normalized spacial score (nSPS) is 18.3. The second-order valence-electron chi connectivity index (χ2n) is 7.54. The van der Waals surface area contributed by atoms with Crippen molar-refractivity contribution in [1.29, 1.82) is 0 Å². The van der Waals surface area contributed by atoms with Crippen molar-refractivity contribution in [3.05, 3.63) is 33.4 Å². The maximum atomic E-state index is 12.7. The van der Waals surface area contributed by atoms with Gasteiger partial charge in [-0.2, -0.15) is 0 Å². The molecule has 2 aromatic heterocycles. The molecule has 1 atom stereocenters. The fourth-order valence-electron chi connectivity index (χ4n) is 4.22. The molecule has 6 heteroatoms. The molecule has 0 saturated carbocycles. The fraction of sp³-hybridized carbons (Fsp3) is 0.650. The second-order valence-corrected chi connectivity index (χ2v) is 7.54. The van der Waals surface area contributed by atoms with Crippen LogP contribution in [0.4, 0.5) is 0 Å². The Morgan fingerprint density at radius 3 is 2.88 bits per heavy atom. The Morgan fingerprint density at radius 1 is 1.31 bits per heavy atom. The maximum absolute atomic E-state index is 12.7. The number of aryl methyl sites for hydroxylation is 2. The van der Waals surface area contributed by atoms with E-state index in [-0.39, 0.29) is 11.5 Å². The molecular formula is C20H30N4O2. The van der Waals surface area contributed by atoms with Crippen molar-refractivity contribution in [1.82, 2.24) is 19.5 Å². The summed E-state index contributed by atoms with van der Waals surface area (Å²) < 4.78 is 1.72.